The average molecular weight is 191 g/mol. The van der Waals surface area contributed by atoms with Crippen molar-refractivity contribution in [2.75, 3.05) is 0 Å². The highest BCUT2D eigenvalue weighted by atomic mass is 32.1. The molecule has 0 saturated heterocycles. The van der Waals surface area contributed by atoms with Crippen molar-refractivity contribution in [1.29, 1.82) is 0 Å². The summed E-state index contributed by atoms with van der Waals surface area (Å²) < 4.78 is 0. The van der Waals surface area contributed by atoms with E-state index in [2.05, 4.69) is 24.3 Å². The highest BCUT2D eigenvalue weighted by Crippen LogP contribution is 2.31. The van der Waals surface area contributed by atoms with Crippen molar-refractivity contribution in [2.45, 2.75) is 25.2 Å². The molecule has 1 unspecified atom stereocenters. The van der Waals surface area contributed by atoms with Gasteiger partial charge in [0.2, 0.25) is 0 Å². The molecule has 0 amide bonds. The predicted octanol–water partition coefficient (Wildman–Crippen LogP) is 2.39. The minimum Gasteiger partial charge on any atom is -0.393 e. The quantitative estimate of drug-likeness (QED) is 0.690. The van der Waals surface area contributed by atoms with Crippen LogP contribution in [0.5, 0.6) is 0 Å². The number of rotatable bonds is 1. The molecule has 0 bridgehead atoms. The molecule has 1 aromatic carbocycles. The molecule has 2 N–H and O–H groups in total. The first-order valence-corrected chi connectivity index (χ1v) is 5.07. The summed E-state index contributed by atoms with van der Waals surface area (Å²) in [4.78, 5) is 0.646. The van der Waals surface area contributed by atoms with Gasteiger partial charge in [-0.2, -0.15) is 0 Å². The number of thiocarbonyl (C=S) groups is 1. The van der Waals surface area contributed by atoms with Crippen LogP contribution in [0.2, 0.25) is 0 Å². The molecule has 1 aliphatic rings. The molecule has 1 atom stereocenters. The van der Waals surface area contributed by atoms with Crippen LogP contribution in [0.4, 0.5) is 0 Å². The first-order valence-electron chi connectivity index (χ1n) is 4.66. The number of hydrogen-bond donors (Lipinski definition) is 1. The number of hydrogen-bond acceptors (Lipinski definition) is 1. The van der Waals surface area contributed by atoms with Crippen LogP contribution in [0.25, 0.3) is 0 Å². The zero-order valence-corrected chi connectivity index (χ0v) is 8.31. The van der Waals surface area contributed by atoms with E-state index in [1.165, 1.54) is 24.0 Å². The Morgan fingerprint density at radius 3 is 2.92 bits per heavy atom. The summed E-state index contributed by atoms with van der Waals surface area (Å²) in [6.45, 7) is 0. The standard InChI is InChI=1S/C11H13NS/c12-11(13)10-7-3-5-8-4-1-2-6-9(8)10/h1-2,4,6,10H,3,5,7H2,(H2,12,13). The van der Waals surface area contributed by atoms with Crippen LogP contribution >= 0.6 is 12.2 Å². The maximum absolute atomic E-state index is 5.71. The van der Waals surface area contributed by atoms with Gasteiger partial charge in [0.15, 0.2) is 0 Å². The molecule has 2 heteroatoms. The summed E-state index contributed by atoms with van der Waals surface area (Å²) in [6, 6.07) is 8.48. The Labute approximate surface area is 83.9 Å². The third-order valence-corrected chi connectivity index (χ3v) is 3.00. The van der Waals surface area contributed by atoms with E-state index >= 15 is 0 Å². The lowest BCUT2D eigenvalue weighted by Gasteiger charge is -2.24. The van der Waals surface area contributed by atoms with Crippen LogP contribution in [-0.4, -0.2) is 4.99 Å². The normalized spacial score (nSPS) is 20.8. The second-order valence-electron chi connectivity index (χ2n) is 3.55. The maximum atomic E-state index is 5.71. The van der Waals surface area contributed by atoms with Gasteiger partial charge in [-0.3, -0.25) is 0 Å². The SMILES string of the molecule is NC(=S)C1CCCc2ccccc21. The molecule has 1 aromatic rings. The second kappa shape index (κ2) is 3.46. The summed E-state index contributed by atoms with van der Waals surface area (Å²) in [5, 5.41) is 0. The van der Waals surface area contributed by atoms with Crippen LogP contribution in [0, 0.1) is 0 Å². The fourth-order valence-corrected chi connectivity index (χ4v) is 2.29. The number of aryl methyl sites for hydroxylation is 1. The zero-order valence-electron chi connectivity index (χ0n) is 7.49. The van der Waals surface area contributed by atoms with Crippen molar-refractivity contribution < 1.29 is 0 Å². The van der Waals surface area contributed by atoms with Crippen molar-refractivity contribution in [3.63, 3.8) is 0 Å². The zero-order chi connectivity index (χ0) is 9.26. The molecule has 0 aliphatic heterocycles. The van der Waals surface area contributed by atoms with Gasteiger partial charge in [-0.15, -0.1) is 0 Å². The molecular weight excluding hydrogens is 178 g/mol. The fourth-order valence-electron chi connectivity index (χ4n) is 2.05. The largest absolute Gasteiger partial charge is 0.393 e. The van der Waals surface area contributed by atoms with Crippen molar-refractivity contribution >= 4 is 17.2 Å². The summed E-state index contributed by atoms with van der Waals surface area (Å²) >= 11 is 5.07. The van der Waals surface area contributed by atoms with E-state index in [0.717, 1.165) is 6.42 Å². The molecule has 68 valence electrons. The molecule has 0 radical (unpaired) electrons. The lowest BCUT2D eigenvalue weighted by molar-refractivity contribution is 0.651. The minimum atomic E-state index is 0.319. The average Bonchev–Trinajstić information content (AvgIpc) is 2.17. The van der Waals surface area contributed by atoms with Gasteiger partial charge in [0.05, 0.1) is 4.99 Å². The van der Waals surface area contributed by atoms with Gasteiger partial charge in [-0.1, -0.05) is 36.5 Å². The lowest BCUT2D eigenvalue weighted by atomic mass is 9.83. The van der Waals surface area contributed by atoms with Gasteiger partial charge in [-0.25, -0.2) is 0 Å². The van der Waals surface area contributed by atoms with Crippen LogP contribution in [0.1, 0.15) is 29.9 Å². The Kier molecular flexibility index (Phi) is 2.32. The topological polar surface area (TPSA) is 26.0 Å². The van der Waals surface area contributed by atoms with Crippen molar-refractivity contribution in [2.24, 2.45) is 5.73 Å². The molecule has 1 nitrogen and oxygen atoms in total. The van der Waals surface area contributed by atoms with E-state index in [1.54, 1.807) is 0 Å². The van der Waals surface area contributed by atoms with Gasteiger partial charge in [0.25, 0.3) is 0 Å². The Bertz CT molecular complexity index is 333. The predicted molar refractivity (Wildman–Crippen MR) is 58.9 cm³/mol. The van der Waals surface area contributed by atoms with Gasteiger partial charge >= 0.3 is 0 Å². The number of nitrogens with two attached hydrogens (primary N) is 1. The van der Waals surface area contributed by atoms with Crippen molar-refractivity contribution in [1.82, 2.24) is 0 Å². The van der Waals surface area contributed by atoms with Gasteiger partial charge in [0.1, 0.15) is 0 Å². The molecule has 0 fully saturated rings. The van der Waals surface area contributed by atoms with E-state index in [-0.39, 0.29) is 0 Å². The Hall–Kier alpha value is -0.890. The molecule has 0 heterocycles. The van der Waals surface area contributed by atoms with Crippen LogP contribution in [-0.2, 0) is 6.42 Å². The summed E-state index contributed by atoms with van der Waals surface area (Å²) in [5.41, 5.74) is 8.48. The van der Waals surface area contributed by atoms with E-state index in [4.69, 9.17) is 18.0 Å². The highest BCUT2D eigenvalue weighted by Gasteiger charge is 2.21. The van der Waals surface area contributed by atoms with E-state index in [1.807, 2.05) is 0 Å². The monoisotopic (exact) mass is 191 g/mol. The van der Waals surface area contributed by atoms with Gasteiger partial charge in [0, 0.05) is 5.92 Å². The molecule has 2 rings (SSSR count). The molecule has 0 saturated carbocycles. The lowest BCUT2D eigenvalue weighted by Crippen LogP contribution is -2.23. The molecule has 13 heavy (non-hydrogen) atoms. The first-order chi connectivity index (χ1) is 6.29. The highest BCUT2D eigenvalue weighted by molar-refractivity contribution is 7.80. The smallest absolute Gasteiger partial charge is 0.0803 e. The van der Waals surface area contributed by atoms with E-state index in [0.29, 0.717) is 10.9 Å². The molecule has 1 aliphatic carbocycles. The first kappa shape index (κ1) is 8.70. The molecule has 0 aromatic heterocycles. The summed E-state index contributed by atoms with van der Waals surface area (Å²) in [5.74, 6) is 0.319. The van der Waals surface area contributed by atoms with Crippen molar-refractivity contribution in [3.8, 4) is 0 Å². The van der Waals surface area contributed by atoms with Crippen LogP contribution in [0.15, 0.2) is 24.3 Å². The number of benzene rings is 1. The third kappa shape index (κ3) is 1.59. The van der Waals surface area contributed by atoms with Crippen LogP contribution < -0.4 is 5.73 Å². The second-order valence-corrected chi connectivity index (χ2v) is 4.02. The summed E-state index contributed by atoms with van der Waals surface area (Å²) in [7, 11) is 0. The summed E-state index contributed by atoms with van der Waals surface area (Å²) in [6.07, 6.45) is 3.50. The third-order valence-electron chi connectivity index (χ3n) is 2.71. The van der Waals surface area contributed by atoms with E-state index in [9.17, 15) is 0 Å². The van der Waals surface area contributed by atoms with Crippen LogP contribution in [0.3, 0.4) is 0 Å². The Morgan fingerprint density at radius 1 is 1.38 bits per heavy atom. The Morgan fingerprint density at radius 2 is 2.15 bits per heavy atom. The minimum absolute atomic E-state index is 0.319. The van der Waals surface area contributed by atoms with Gasteiger partial charge < -0.3 is 5.73 Å². The fraction of sp³-hybridized carbons (Fsp3) is 0.364. The number of fused-ring (bicyclic) bond motifs is 1. The van der Waals surface area contributed by atoms with E-state index < -0.39 is 0 Å². The van der Waals surface area contributed by atoms with Crippen molar-refractivity contribution in [3.05, 3.63) is 35.4 Å². The Balaban J connectivity index is 2.42. The maximum Gasteiger partial charge on any atom is 0.0803 e. The molecular formula is C11H13NS. The molecule has 0 spiro atoms. The van der Waals surface area contributed by atoms with Gasteiger partial charge in [-0.05, 0) is 30.4 Å².